The molecular weight excluding hydrogens is 350 g/mol. The van der Waals surface area contributed by atoms with Crippen molar-refractivity contribution in [1.82, 2.24) is 4.90 Å². The Labute approximate surface area is 155 Å². The Morgan fingerprint density at radius 1 is 1.19 bits per heavy atom. The monoisotopic (exact) mass is 369 g/mol. The van der Waals surface area contributed by atoms with E-state index < -0.39 is 5.25 Å². The first-order valence-corrected chi connectivity index (χ1v) is 9.48. The van der Waals surface area contributed by atoms with Crippen LogP contribution >= 0.6 is 11.8 Å². The summed E-state index contributed by atoms with van der Waals surface area (Å²) in [6.07, 6.45) is 0.115. The van der Waals surface area contributed by atoms with Gasteiger partial charge in [0.1, 0.15) is 5.25 Å². The molecule has 2 heterocycles. The second-order valence-corrected chi connectivity index (χ2v) is 7.39. The van der Waals surface area contributed by atoms with Crippen molar-refractivity contribution in [3.63, 3.8) is 0 Å². The summed E-state index contributed by atoms with van der Waals surface area (Å²) in [5.74, 6) is -0.407. The van der Waals surface area contributed by atoms with Gasteiger partial charge in [0.25, 0.3) is 5.91 Å². The SMILES string of the molecule is O=C(C[C@H]1SC(N2CCOCC2)=NC1=O)Nc1cccc2ccccc12. The topological polar surface area (TPSA) is 71.0 Å². The lowest BCUT2D eigenvalue weighted by atomic mass is 10.1. The average molecular weight is 369 g/mol. The molecule has 1 atom stereocenters. The molecule has 1 saturated heterocycles. The third-order valence-corrected chi connectivity index (χ3v) is 5.66. The summed E-state index contributed by atoms with van der Waals surface area (Å²) in [5, 5.41) is 5.24. The number of nitrogens with one attached hydrogen (secondary N) is 1. The number of rotatable bonds is 3. The van der Waals surface area contributed by atoms with Crippen molar-refractivity contribution in [2.24, 2.45) is 4.99 Å². The lowest BCUT2D eigenvalue weighted by Crippen LogP contribution is -2.39. The van der Waals surface area contributed by atoms with Crippen molar-refractivity contribution in [3.8, 4) is 0 Å². The number of ether oxygens (including phenoxy) is 1. The van der Waals surface area contributed by atoms with Crippen molar-refractivity contribution >= 4 is 45.2 Å². The number of aliphatic imine (C=N–C) groups is 1. The number of hydrogen-bond donors (Lipinski definition) is 1. The second kappa shape index (κ2) is 7.47. The van der Waals surface area contributed by atoms with Crippen LogP contribution in [0.4, 0.5) is 5.69 Å². The number of amides is 2. The van der Waals surface area contributed by atoms with Crippen LogP contribution in [0.15, 0.2) is 47.5 Å². The van der Waals surface area contributed by atoms with E-state index in [2.05, 4.69) is 15.2 Å². The number of morpholine rings is 1. The maximum absolute atomic E-state index is 12.5. The first-order chi connectivity index (χ1) is 12.7. The fourth-order valence-corrected chi connectivity index (χ4v) is 4.22. The number of anilines is 1. The minimum absolute atomic E-state index is 0.115. The van der Waals surface area contributed by atoms with Crippen LogP contribution in [0, 0.1) is 0 Å². The molecule has 0 bridgehead atoms. The summed E-state index contributed by atoms with van der Waals surface area (Å²) in [4.78, 5) is 30.8. The van der Waals surface area contributed by atoms with Crippen molar-refractivity contribution in [2.75, 3.05) is 31.6 Å². The van der Waals surface area contributed by atoms with Crippen molar-refractivity contribution in [2.45, 2.75) is 11.7 Å². The molecule has 2 aliphatic rings. The molecule has 1 N–H and O–H groups in total. The number of nitrogens with zero attached hydrogens (tertiary/aromatic N) is 2. The molecule has 2 aromatic rings. The zero-order chi connectivity index (χ0) is 17.9. The Balaban J connectivity index is 1.40. The van der Waals surface area contributed by atoms with Gasteiger partial charge in [-0.1, -0.05) is 48.2 Å². The zero-order valence-electron chi connectivity index (χ0n) is 14.2. The maximum Gasteiger partial charge on any atom is 0.262 e. The quantitative estimate of drug-likeness (QED) is 0.900. The van der Waals surface area contributed by atoms with Gasteiger partial charge >= 0.3 is 0 Å². The van der Waals surface area contributed by atoms with Crippen LogP contribution in [0.25, 0.3) is 10.8 Å². The number of carbonyl (C=O) groups excluding carboxylic acids is 2. The van der Waals surface area contributed by atoms with E-state index in [9.17, 15) is 9.59 Å². The van der Waals surface area contributed by atoms with E-state index in [4.69, 9.17) is 4.74 Å². The molecule has 6 nitrogen and oxygen atoms in total. The van der Waals surface area contributed by atoms with Gasteiger partial charge in [0.05, 0.1) is 13.2 Å². The standard InChI is InChI=1S/C19H19N3O3S/c23-17(20-15-7-3-5-13-4-1-2-6-14(13)15)12-16-18(24)21-19(26-16)22-8-10-25-11-9-22/h1-7,16H,8-12H2,(H,20,23)/t16-/m1/s1. The molecular formula is C19H19N3O3S. The van der Waals surface area contributed by atoms with E-state index in [1.165, 1.54) is 11.8 Å². The third-order valence-electron chi connectivity index (χ3n) is 4.45. The molecule has 1 fully saturated rings. The summed E-state index contributed by atoms with van der Waals surface area (Å²) >= 11 is 1.38. The van der Waals surface area contributed by atoms with E-state index >= 15 is 0 Å². The molecule has 0 spiro atoms. The van der Waals surface area contributed by atoms with Crippen LogP contribution in [0.3, 0.4) is 0 Å². The first-order valence-electron chi connectivity index (χ1n) is 8.60. The number of amidine groups is 1. The molecule has 2 aromatic carbocycles. The van der Waals surface area contributed by atoms with E-state index in [0.717, 1.165) is 29.5 Å². The lowest BCUT2D eigenvalue weighted by Gasteiger charge is -2.27. The molecule has 2 amide bonds. The molecule has 0 aliphatic carbocycles. The van der Waals surface area contributed by atoms with Gasteiger partial charge in [-0.2, -0.15) is 4.99 Å². The fraction of sp³-hybridized carbons (Fsp3) is 0.316. The van der Waals surface area contributed by atoms with Crippen LogP contribution in [0.1, 0.15) is 6.42 Å². The lowest BCUT2D eigenvalue weighted by molar-refractivity contribution is -0.121. The Bertz CT molecular complexity index is 872. The second-order valence-electron chi connectivity index (χ2n) is 6.22. The van der Waals surface area contributed by atoms with E-state index in [0.29, 0.717) is 18.4 Å². The number of carbonyl (C=O) groups is 2. The maximum atomic E-state index is 12.5. The van der Waals surface area contributed by atoms with Gasteiger partial charge in [-0.05, 0) is 11.5 Å². The minimum Gasteiger partial charge on any atom is -0.378 e. The minimum atomic E-state index is -0.456. The number of fused-ring (bicyclic) bond motifs is 1. The molecule has 0 saturated carbocycles. The van der Waals surface area contributed by atoms with Crippen LogP contribution in [-0.2, 0) is 14.3 Å². The van der Waals surface area contributed by atoms with E-state index in [1.54, 1.807) is 0 Å². The highest BCUT2D eigenvalue weighted by atomic mass is 32.2. The Morgan fingerprint density at radius 2 is 1.96 bits per heavy atom. The Morgan fingerprint density at radius 3 is 2.81 bits per heavy atom. The average Bonchev–Trinajstić information content (AvgIpc) is 3.03. The third kappa shape index (κ3) is 3.59. The van der Waals surface area contributed by atoms with Gasteiger partial charge in [0.2, 0.25) is 5.91 Å². The smallest absolute Gasteiger partial charge is 0.262 e. The van der Waals surface area contributed by atoms with Crippen LogP contribution in [-0.4, -0.2) is 53.4 Å². The number of benzene rings is 2. The van der Waals surface area contributed by atoms with Gasteiger partial charge in [-0.25, -0.2) is 0 Å². The van der Waals surface area contributed by atoms with E-state index in [1.807, 2.05) is 42.5 Å². The molecule has 2 aliphatic heterocycles. The predicted molar refractivity (Wildman–Crippen MR) is 103 cm³/mol. The highest BCUT2D eigenvalue weighted by Crippen LogP contribution is 2.29. The van der Waals surface area contributed by atoms with Gasteiger partial charge in [0, 0.05) is 30.6 Å². The highest BCUT2D eigenvalue weighted by Gasteiger charge is 2.33. The number of hydrogen-bond acceptors (Lipinski definition) is 5. The Hall–Kier alpha value is -2.38. The van der Waals surface area contributed by atoms with Gasteiger partial charge in [-0.15, -0.1) is 0 Å². The van der Waals surface area contributed by atoms with Gasteiger partial charge in [-0.3, -0.25) is 9.59 Å². The largest absolute Gasteiger partial charge is 0.378 e. The van der Waals surface area contributed by atoms with Gasteiger partial charge in [0.15, 0.2) is 5.17 Å². The van der Waals surface area contributed by atoms with Crippen LogP contribution in [0.5, 0.6) is 0 Å². The highest BCUT2D eigenvalue weighted by molar-refractivity contribution is 8.15. The molecule has 4 rings (SSSR count). The fourth-order valence-electron chi connectivity index (χ4n) is 3.10. The van der Waals surface area contributed by atoms with Crippen LogP contribution in [0.2, 0.25) is 0 Å². The normalized spacial score (nSPS) is 20.3. The van der Waals surface area contributed by atoms with Crippen molar-refractivity contribution in [3.05, 3.63) is 42.5 Å². The molecule has 134 valence electrons. The molecule has 0 unspecified atom stereocenters. The van der Waals surface area contributed by atoms with E-state index in [-0.39, 0.29) is 18.2 Å². The molecule has 26 heavy (non-hydrogen) atoms. The van der Waals surface area contributed by atoms with Crippen molar-refractivity contribution < 1.29 is 14.3 Å². The molecule has 7 heteroatoms. The zero-order valence-corrected chi connectivity index (χ0v) is 15.0. The first kappa shape index (κ1) is 17.1. The summed E-state index contributed by atoms with van der Waals surface area (Å²) in [7, 11) is 0. The molecule has 0 radical (unpaired) electrons. The Kier molecular flexibility index (Phi) is 4.90. The predicted octanol–water partition coefficient (Wildman–Crippen LogP) is 2.50. The number of thioether (sulfide) groups is 1. The summed E-state index contributed by atoms with van der Waals surface area (Å²) < 4.78 is 5.32. The summed E-state index contributed by atoms with van der Waals surface area (Å²) in [6.45, 7) is 2.74. The van der Waals surface area contributed by atoms with Gasteiger partial charge < -0.3 is 15.0 Å². The van der Waals surface area contributed by atoms with Crippen LogP contribution < -0.4 is 5.32 Å². The summed E-state index contributed by atoms with van der Waals surface area (Å²) in [6, 6.07) is 13.7. The van der Waals surface area contributed by atoms with Crippen molar-refractivity contribution in [1.29, 1.82) is 0 Å². The molecule has 0 aromatic heterocycles. The summed E-state index contributed by atoms with van der Waals surface area (Å²) in [5.41, 5.74) is 0.762.